The minimum absolute atomic E-state index is 0.0489. The molecule has 25 heavy (non-hydrogen) atoms. The number of piperidine rings is 1. The van der Waals surface area contributed by atoms with Crippen LogP contribution < -0.4 is 15.8 Å². The molecule has 0 spiro atoms. The summed E-state index contributed by atoms with van der Waals surface area (Å²) in [5, 5.41) is 11.7. The van der Waals surface area contributed by atoms with Crippen molar-refractivity contribution >= 4 is 11.5 Å². The summed E-state index contributed by atoms with van der Waals surface area (Å²) in [6, 6.07) is 11.4. The molecule has 7 nitrogen and oxygen atoms in total. The average Bonchev–Trinajstić information content (AvgIpc) is 2.67. The molecule has 0 saturated carbocycles. The number of anilines is 1. The van der Waals surface area contributed by atoms with Gasteiger partial charge in [0.1, 0.15) is 5.65 Å². The highest BCUT2D eigenvalue weighted by atomic mass is 16.1. The number of pyridine rings is 1. The molecule has 1 N–H and O–H groups in total. The van der Waals surface area contributed by atoms with E-state index in [4.69, 9.17) is 0 Å². The Labute approximate surface area is 145 Å². The van der Waals surface area contributed by atoms with Gasteiger partial charge in [0.2, 0.25) is 0 Å². The zero-order valence-electron chi connectivity index (χ0n) is 13.9. The van der Waals surface area contributed by atoms with Crippen molar-refractivity contribution in [3.63, 3.8) is 0 Å². The highest BCUT2D eigenvalue weighted by Gasteiger charge is 2.20. The topological polar surface area (TPSA) is 75.4 Å². The van der Waals surface area contributed by atoms with E-state index in [2.05, 4.69) is 25.4 Å². The van der Waals surface area contributed by atoms with Crippen molar-refractivity contribution < 1.29 is 0 Å². The summed E-state index contributed by atoms with van der Waals surface area (Å²) in [4.78, 5) is 19.0. The van der Waals surface area contributed by atoms with E-state index in [9.17, 15) is 4.79 Å². The second kappa shape index (κ2) is 6.98. The van der Waals surface area contributed by atoms with E-state index < -0.39 is 0 Å². The van der Waals surface area contributed by atoms with Crippen molar-refractivity contribution in [2.45, 2.75) is 25.4 Å². The summed E-state index contributed by atoms with van der Waals surface area (Å²) < 4.78 is 1.56. The molecule has 0 bridgehead atoms. The van der Waals surface area contributed by atoms with E-state index in [1.165, 1.54) is 0 Å². The first kappa shape index (κ1) is 15.7. The van der Waals surface area contributed by atoms with Gasteiger partial charge in [0.25, 0.3) is 5.56 Å². The summed E-state index contributed by atoms with van der Waals surface area (Å²) in [6.07, 6.45) is 5.63. The molecule has 4 heterocycles. The van der Waals surface area contributed by atoms with Gasteiger partial charge in [-0.1, -0.05) is 6.07 Å². The third-order valence-electron chi connectivity index (χ3n) is 4.50. The van der Waals surface area contributed by atoms with Crippen LogP contribution >= 0.6 is 0 Å². The zero-order chi connectivity index (χ0) is 17.1. The molecule has 1 atom stereocenters. The van der Waals surface area contributed by atoms with Crippen LogP contribution in [0.2, 0.25) is 0 Å². The lowest BCUT2D eigenvalue weighted by Crippen LogP contribution is -2.46. The molecule has 3 aromatic rings. The molecule has 7 heteroatoms. The first-order valence-electron chi connectivity index (χ1n) is 8.53. The molecule has 0 amide bonds. The van der Waals surface area contributed by atoms with Gasteiger partial charge in [0, 0.05) is 44.1 Å². The average molecular weight is 336 g/mol. The Bertz CT molecular complexity index is 910. The van der Waals surface area contributed by atoms with E-state index in [1.807, 2.05) is 30.3 Å². The van der Waals surface area contributed by atoms with Gasteiger partial charge in [-0.15, -0.1) is 5.10 Å². The Morgan fingerprint density at radius 3 is 3.08 bits per heavy atom. The summed E-state index contributed by atoms with van der Waals surface area (Å²) in [7, 11) is 0. The van der Waals surface area contributed by atoms with Crippen molar-refractivity contribution in [3.8, 4) is 0 Å². The molecule has 0 aromatic carbocycles. The van der Waals surface area contributed by atoms with Crippen molar-refractivity contribution in [3.05, 3.63) is 64.8 Å². The number of fused-ring (bicyclic) bond motifs is 1. The van der Waals surface area contributed by atoms with E-state index in [-0.39, 0.29) is 5.56 Å². The molecule has 0 aliphatic carbocycles. The van der Waals surface area contributed by atoms with Gasteiger partial charge in [-0.3, -0.25) is 9.20 Å². The van der Waals surface area contributed by atoms with Gasteiger partial charge in [-0.2, -0.15) is 5.10 Å². The SMILES string of the molecule is O=c1cc(CN[C@@H]2CCCN(c3cccnn3)C2)nc2ccccn12. The van der Waals surface area contributed by atoms with Crippen LogP contribution in [0.5, 0.6) is 0 Å². The molecular weight excluding hydrogens is 316 g/mol. The summed E-state index contributed by atoms with van der Waals surface area (Å²) in [5.74, 6) is 0.913. The zero-order valence-corrected chi connectivity index (χ0v) is 13.9. The van der Waals surface area contributed by atoms with Gasteiger partial charge in [0.15, 0.2) is 5.82 Å². The first-order chi connectivity index (χ1) is 12.3. The van der Waals surface area contributed by atoms with E-state index in [1.54, 1.807) is 22.9 Å². The van der Waals surface area contributed by atoms with Crippen LogP contribution in [-0.2, 0) is 6.54 Å². The van der Waals surface area contributed by atoms with Crippen LogP contribution in [0.25, 0.3) is 5.65 Å². The minimum atomic E-state index is -0.0489. The van der Waals surface area contributed by atoms with Crippen molar-refractivity contribution in [1.82, 2.24) is 24.9 Å². The Morgan fingerprint density at radius 2 is 2.20 bits per heavy atom. The van der Waals surface area contributed by atoms with Gasteiger partial charge >= 0.3 is 0 Å². The highest BCUT2D eigenvalue weighted by Crippen LogP contribution is 2.16. The first-order valence-corrected chi connectivity index (χ1v) is 8.53. The molecule has 0 radical (unpaired) electrons. The van der Waals surface area contributed by atoms with Crippen LogP contribution in [-0.4, -0.2) is 38.7 Å². The highest BCUT2D eigenvalue weighted by molar-refractivity contribution is 5.38. The molecule has 3 aromatic heterocycles. The number of nitrogens with zero attached hydrogens (tertiary/aromatic N) is 5. The van der Waals surface area contributed by atoms with Crippen LogP contribution in [0.1, 0.15) is 18.5 Å². The molecule has 0 unspecified atom stereocenters. The third-order valence-corrected chi connectivity index (χ3v) is 4.50. The van der Waals surface area contributed by atoms with Gasteiger partial charge in [0.05, 0.1) is 5.69 Å². The van der Waals surface area contributed by atoms with Gasteiger partial charge in [-0.05, 0) is 37.1 Å². The quantitative estimate of drug-likeness (QED) is 0.773. The van der Waals surface area contributed by atoms with Crippen molar-refractivity contribution in [2.24, 2.45) is 0 Å². The van der Waals surface area contributed by atoms with E-state index in [0.717, 1.165) is 37.4 Å². The Balaban J connectivity index is 1.43. The number of hydrogen-bond acceptors (Lipinski definition) is 6. The van der Waals surface area contributed by atoms with Gasteiger partial charge in [-0.25, -0.2) is 4.98 Å². The number of rotatable bonds is 4. The Morgan fingerprint density at radius 1 is 1.24 bits per heavy atom. The lowest BCUT2D eigenvalue weighted by atomic mass is 10.1. The number of aromatic nitrogens is 4. The fourth-order valence-corrected chi connectivity index (χ4v) is 3.26. The molecule has 1 saturated heterocycles. The number of hydrogen-bond donors (Lipinski definition) is 1. The predicted octanol–water partition coefficient (Wildman–Crippen LogP) is 1.24. The summed E-state index contributed by atoms with van der Waals surface area (Å²) >= 11 is 0. The molecule has 1 fully saturated rings. The number of nitrogens with one attached hydrogen (secondary N) is 1. The minimum Gasteiger partial charge on any atom is -0.354 e. The molecule has 1 aliphatic rings. The largest absolute Gasteiger partial charge is 0.354 e. The lowest BCUT2D eigenvalue weighted by Gasteiger charge is -2.33. The van der Waals surface area contributed by atoms with Crippen molar-refractivity contribution in [1.29, 1.82) is 0 Å². The predicted molar refractivity (Wildman–Crippen MR) is 95.6 cm³/mol. The Kier molecular flexibility index (Phi) is 4.39. The smallest absolute Gasteiger partial charge is 0.258 e. The van der Waals surface area contributed by atoms with Gasteiger partial charge < -0.3 is 10.2 Å². The summed E-state index contributed by atoms with van der Waals surface area (Å²) in [5.41, 5.74) is 1.40. The van der Waals surface area contributed by atoms with Crippen LogP contribution in [0, 0.1) is 0 Å². The van der Waals surface area contributed by atoms with E-state index >= 15 is 0 Å². The molecule has 1 aliphatic heterocycles. The standard InChI is InChI=1S/C18H20N6O/c25-18-11-15(21-16-6-1-2-10-24(16)18)12-19-14-5-4-9-23(13-14)17-7-3-8-20-22-17/h1-3,6-8,10-11,14,19H,4-5,9,12-13H2/t14-/m1/s1. The normalized spacial score (nSPS) is 17.8. The lowest BCUT2D eigenvalue weighted by molar-refractivity contribution is 0.417. The fourth-order valence-electron chi connectivity index (χ4n) is 3.26. The van der Waals surface area contributed by atoms with E-state index in [0.29, 0.717) is 18.2 Å². The fraction of sp³-hybridized carbons (Fsp3) is 0.333. The second-order valence-corrected chi connectivity index (χ2v) is 6.26. The third kappa shape index (κ3) is 3.51. The monoisotopic (exact) mass is 336 g/mol. The van der Waals surface area contributed by atoms with Crippen LogP contribution in [0.15, 0.2) is 53.6 Å². The molecule has 128 valence electrons. The van der Waals surface area contributed by atoms with Crippen LogP contribution in [0.3, 0.4) is 0 Å². The summed E-state index contributed by atoms with van der Waals surface area (Å²) in [6.45, 7) is 2.46. The maximum absolute atomic E-state index is 12.2. The van der Waals surface area contributed by atoms with Crippen LogP contribution in [0.4, 0.5) is 5.82 Å². The maximum atomic E-state index is 12.2. The van der Waals surface area contributed by atoms with Crippen molar-refractivity contribution in [2.75, 3.05) is 18.0 Å². The maximum Gasteiger partial charge on any atom is 0.258 e. The second-order valence-electron chi connectivity index (χ2n) is 6.26. The molecule has 4 rings (SSSR count). The molecular formula is C18H20N6O. The Hall–Kier alpha value is -2.80.